The monoisotopic (exact) mass is 406 g/mol. The van der Waals surface area contributed by atoms with Crippen molar-refractivity contribution in [1.82, 2.24) is 4.98 Å². The molecule has 6 heteroatoms. The minimum Gasteiger partial charge on any atom is -0.484 e. The minimum absolute atomic E-state index is 0.100. The number of amides is 1. The lowest BCUT2D eigenvalue weighted by molar-refractivity contribution is -0.118. The van der Waals surface area contributed by atoms with Crippen molar-refractivity contribution in [2.75, 3.05) is 11.9 Å². The van der Waals surface area contributed by atoms with Gasteiger partial charge in [-0.3, -0.25) is 4.79 Å². The van der Waals surface area contributed by atoms with E-state index >= 15 is 0 Å². The predicted molar refractivity (Wildman–Crippen MR) is 114 cm³/mol. The van der Waals surface area contributed by atoms with Crippen LogP contribution < -0.4 is 10.1 Å². The molecule has 0 saturated heterocycles. The van der Waals surface area contributed by atoms with Gasteiger partial charge in [0.2, 0.25) is 0 Å². The number of aryl methyl sites for hydroxylation is 1. The molecule has 4 rings (SSSR count). The molecule has 5 nitrogen and oxygen atoms in total. The minimum atomic E-state index is -0.259. The molecule has 0 atom stereocenters. The largest absolute Gasteiger partial charge is 0.484 e. The van der Waals surface area contributed by atoms with Gasteiger partial charge in [-0.2, -0.15) is 0 Å². The van der Waals surface area contributed by atoms with Crippen LogP contribution in [0.5, 0.6) is 5.75 Å². The summed E-state index contributed by atoms with van der Waals surface area (Å²) in [6.45, 7) is 1.78. The number of benzene rings is 3. The van der Waals surface area contributed by atoms with Crippen molar-refractivity contribution in [3.8, 4) is 5.75 Å². The Morgan fingerprint density at radius 3 is 2.72 bits per heavy atom. The molecule has 4 aromatic rings. The van der Waals surface area contributed by atoms with Crippen molar-refractivity contribution >= 4 is 34.3 Å². The highest BCUT2D eigenvalue weighted by atomic mass is 35.5. The van der Waals surface area contributed by atoms with E-state index in [0.717, 1.165) is 11.1 Å². The Hall–Kier alpha value is -3.31. The van der Waals surface area contributed by atoms with Crippen molar-refractivity contribution in [1.29, 1.82) is 0 Å². The van der Waals surface area contributed by atoms with Gasteiger partial charge in [0, 0.05) is 17.1 Å². The molecule has 0 radical (unpaired) electrons. The van der Waals surface area contributed by atoms with Gasteiger partial charge >= 0.3 is 0 Å². The third-order valence-electron chi connectivity index (χ3n) is 4.41. The topological polar surface area (TPSA) is 64.4 Å². The zero-order valence-electron chi connectivity index (χ0n) is 15.8. The fraction of sp³-hybridized carbons (Fsp3) is 0.130. The first-order valence-corrected chi connectivity index (χ1v) is 9.57. The van der Waals surface area contributed by atoms with Gasteiger partial charge in [-0.1, -0.05) is 41.9 Å². The number of hydrogen-bond donors (Lipinski definition) is 1. The van der Waals surface area contributed by atoms with Crippen LogP contribution in [-0.2, 0) is 11.2 Å². The van der Waals surface area contributed by atoms with Crippen LogP contribution in [0.4, 0.5) is 5.69 Å². The van der Waals surface area contributed by atoms with Crippen LogP contribution in [0.1, 0.15) is 17.0 Å². The second-order valence-corrected chi connectivity index (χ2v) is 7.11. The second kappa shape index (κ2) is 8.37. The highest BCUT2D eigenvalue weighted by Crippen LogP contribution is 2.23. The van der Waals surface area contributed by atoms with Gasteiger partial charge in [-0.15, -0.1) is 0 Å². The number of carbonyl (C=O) groups excluding carboxylic acids is 1. The van der Waals surface area contributed by atoms with E-state index in [1.807, 2.05) is 37.3 Å². The molecule has 1 amide bonds. The number of nitrogens with zero attached hydrogens (tertiary/aromatic N) is 1. The maximum atomic E-state index is 12.2. The summed E-state index contributed by atoms with van der Waals surface area (Å²) in [6, 6.07) is 20.7. The molecule has 29 heavy (non-hydrogen) atoms. The zero-order chi connectivity index (χ0) is 20.2. The highest BCUT2D eigenvalue weighted by molar-refractivity contribution is 6.31. The molecular formula is C23H19ClN2O3. The molecule has 0 saturated carbocycles. The molecule has 146 valence electrons. The molecule has 0 fully saturated rings. The lowest BCUT2D eigenvalue weighted by Gasteiger charge is -2.08. The summed E-state index contributed by atoms with van der Waals surface area (Å²) in [6.07, 6.45) is 0.617. The van der Waals surface area contributed by atoms with Crippen LogP contribution in [0.3, 0.4) is 0 Å². The number of ether oxygens (including phenoxy) is 1. The number of rotatable bonds is 6. The molecule has 0 bridgehead atoms. The smallest absolute Gasteiger partial charge is 0.262 e. The quantitative estimate of drug-likeness (QED) is 0.465. The summed E-state index contributed by atoms with van der Waals surface area (Å²) in [5.41, 5.74) is 4.04. The predicted octanol–water partition coefficient (Wildman–Crippen LogP) is 5.40. The summed E-state index contributed by atoms with van der Waals surface area (Å²) in [5.74, 6) is 0.973. The molecule has 0 aliphatic heterocycles. The molecule has 3 aromatic carbocycles. The third-order valence-corrected chi connectivity index (χ3v) is 4.84. The van der Waals surface area contributed by atoms with Crippen LogP contribution in [-0.4, -0.2) is 17.5 Å². The summed E-state index contributed by atoms with van der Waals surface area (Å²) in [5, 5.41) is 3.48. The van der Waals surface area contributed by atoms with Crippen LogP contribution >= 0.6 is 11.6 Å². The molecule has 1 heterocycles. The van der Waals surface area contributed by atoms with E-state index in [9.17, 15) is 4.79 Å². The number of oxazole rings is 1. The molecule has 0 spiro atoms. The Bertz CT molecular complexity index is 1160. The number of hydrogen-bond acceptors (Lipinski definition) is 4. The Balaban J connectivity index is 1.39. The van der Waals surface area contributed by atoms with E-state index in [0.29, 0.717) is 39.9 Å². The Labute approximate surface area is 173 Å². The van der Waals surface area contributed by atoms with Gasteiger partial charge in [0.25, 0.3) is 5.91 Å². The van der Waals surface area contributed by atoms with Crippen molar-refractivity contribution in [3.05, 3.63) is 88.8 Å². The van der Waals surface area contributed by atoms with Crippen LogP contribution in [0.25, 0.3) is 11.1 Å². The standard InChI is InChI=1S/C23H19ClN2O3/c1-15-11-18(8-9-19(15)24)28-14-22(27)25-17-7-10-21-20(13-17)26-23(29-21)12-16-5-3-2-4-6-16/h2-11,13H,12,14H2,1H3,(H,25,27). The average Bonchev–Trinajstić information content (AvgIpc) is 3.11. The van der Waals surface area contributed by atoms with Gasteiger partial charge in [0.05, 0.1) is 0 Å². The van der Waals surface area contributed by atoms with E-state index < -0.39 is 0 Å². The summed E-state index contributed by atoms with van der Waals surface area (Å²) in [4.78, 5) is 16.7. The fourth-order valence-electron chi connectivity index (χ4n) is 2.95. The number of fused-ring (bicyclic) bond motifs is 1. The number of aromatic nitrogens is 1. The van der Waals surface area contributed by atoms with E-state index in [2.05, 4.69) is 10.3 Å². The number of carbonyl (C=O) groups is 1. The normalized spacial score (nSPS) is 10.8. The fourth-order valence-corrected chi connectivity index (χ4v) is 3.07. The molecule has 0 aliphatic rings. The maximum Gasteiger partial charge on any atom is 0.262 e. The first-order chi connectivity index (χ1) is 14.1. The van der Waals surface area contributed by atoms with E-state index in [1.54, 1.807) is 36.4 Å². The van der Waals surface area contributed by atoms with Crippen molar-refractivity contribution in [3.63, 3.8) is 0 Å². The van der Waals surface area contributed by atoms with Crippen molar-refractivity contribution in [2.45, 2.75) is 13.3 Å². The summed E-state index contributed by atoms with van der Waals surface area (Å²) < 4.78 is 11.3. The van der Waals surface area contributed by atoms with E-state index in [4.69, 9.17) is 20.8 Å². The highest BCUT2D eigenvalue weighted by Gasteiger charge is 2.10. The lowest BCUT2D eigenvalue weighted by Crippen LogP contribution is -2.20. The van der Waals surface area contributed by atoms with Crippen molar-refractivity contribution < 1.29 is 13.9 Å². The Kier molecular flexibility index (Phi) is 5.49. The van der Waals surface area contributed by atoms with Gasteiger partial charge < -0.3 is 14.5 Å². The third kappa shape index (κ3) is 4.76. The van der Waals surface area contributed by atoms with Crippen molar-refractivity contribution in [2.24, 2.45) is 0 Å². The first-order valence-electron chi connectivity index (χ1n) is 9.19. The van der Waals surface area contributed by atoms with Crippen LogP contribution in [0, 0.1) is 6.92 Å². The van der Waals surface area contributed by atoms with E-state index in [-0.39, 0.29) is 12.5 Å². The molecular weight excluding hydrogens is 388 g/mol. The number of anilines is 1. The lowest BCUT2D eigenvalue weighted by atomic mass is 10.1. The Morgan fingerprint density at radius 1 is 1.10 bits per heavy atom. The van der Waals surface area contributed by atoms with E-state index in [1.165, 1.54) is 0 Å². The van der Waals surface area contributed by atoms with Gasteiger partial charge in [-0.25, -0.2) is 4.98 Å². The maximum absolute atomic E-state index is 12.2. The molecule has 0 unspecified atom stereocenters. The summed E-state index contributed by atoms with van der Waals surface area (Å²) >= 11 is 6.00. The van der Waals surface area contributed by atoms with Gasteiger partial charge in [0.1, 0.15) is 11.3 Å². The average molecular weight is 407 g/mol. The zero-order valence-corrected chi connectivity index (χ0v) is 16.6. The number of nitrogens with one attached hydrogen (secondary N) is 1. The molecule has 1 aromatic heterocycles. The molecule has 0 aliphatic carbocycles. The first kappa shape index (κ1) is 19.0. The second-order valence-electron chi connectivity index (χ2n) is 6.70. The molecule has 1 N–H and O–H groups in total. The number of halogens is 1. The van der Waals surface area contributed by atoms with Crippen LogP contribution in [0.15, 0.2) is 71.1 Å². The summed E-state index contributed by atoms with van der Waals surface area (Å²) in [7, 11) is 0. The van der Waals surface area contributed by atoms with Gasteiger partial charge in [0.15, 0.2) is 18.1 Å². The Morgan fingerprint density at radius 2 is 1.93 bits per heavy atom. The SMILES string of the molecule is Cc1cc(OCC(=O)Nc2ccc3oc(Cc4ccccc4)nc3c2)ccc1Cl. The van der Waals surface area contributed by atoms with Gasteiger partial charge in [-0.05, 0) is 54.4 Å². The van der Waals surface area contributed by atoms with Crippen LogP contribution in [0.2, 0.25) is 5.02 Å².